The van der Waals surface area contributed by atoms with E-state index >= 15 is 0 Å². The van der Waals surface area contributed by atoms with Crippen molar-refractivity contribution in [3.8, 4) is 11.3 Å². The van der Waals surface area contributed by atoms with Crippen LogP contribution in [-0.2, 0) is 10.0 Å². The maximum atomic E-state index is 12.9. The van der Waals surface area contributed by atoms with Crippen molar-refractivity contribution < 1.29 is 8.42 Å². The van der Waals surface area contributed by atoms with E-state index in [1.807, 2.05) is 12.1 Å². The van der Waals surface area contributed by atoms with Gasteiger partial charge >= 0.3 is 0 Å². The Morgan fingerprint density at radius 1 is 0.900 bits per heavy atom. The molecule has 2 heterocycles. The second kappa shape index (κ2) is 8.34. The predicted molar refractivity (Wildman–Crippen MR) is 119 cm³/mol. The minimum Gasteiger partial charge on any atom is -0.352 e. The molecule has 0 unspecified atom stereocenters. The maximum Gasteiger partial charge on any atom is 0.243 e. The summed E-state index contributed by atoms with van der Waals surface area (Å²) < 4.78 is 27.2. The Kier molecular flexibility index (Phi) is 5.77. The third kappa shape index (κ3) is 4.19. The molecule has 1 saturated heterocycles. The molecule has 0 bridgehead atoms. The lowest BCUT2D eigenvalue weighted by Gasteiger charge is -2.34. The summed E-state index contributed by atoms with van der Waals surface area (Å²) in [5, 5.41) is 9.20. The molecule has 1 aliphatic heterocycles. The second-order valence-electron chi connectivity index (χ2n) is 7.44. The first-order valence-corrected chi connectivity index (χ1v) is 11.6. The standard InChI is InChI=1S/C22H23ClN4O2S/c1-16-6-7-20(17(2)14-16)21-8-9-22(25-24-21)26-10-12-27(13-11-26)30(28,29)19-5-3-4-18(23)15-19/h3-9,14-15H,10-13H2,1-2H3. The molecule has 8 heteroatoms. The van der Waals surface area contributed by atoms with E-state index in [4.69, 9.17) is 11.6 Å². The van der Waals surface area contributed by atoms with Crippen molar-refractivity contribution in [2.45, 2.75) is 18.7 Å². The number of aryl methyl sites for hydroxylation is 2. The largest absolute Gasteiger partial charge is 0.352 e. The molecule has 156 valence electrons. The Morgan fingerprint density at radius 3 is 2.30 bits per heavy atom. The lowest BCUT2D eigenvalue weighted by Crippen LogP contribution is -2.49. The van der Waals surface area contributed by atoms with Crippen LogP contribution in [0, 0.1) is 13.8 Å². The average molecular weight is 443 g/mol. The van der Waals surface area contributed by atoms with Gasteiger partial charge in [-0.25, -0.2) is 8.42 Å². The summed E-state index contributed by atoms with van der Waals surface area (Å²) in [4.78, 5) is 2.28. The van der Waals surface area contributed by atoms with Gasteiger partial charge in [-0.2, -0.15) is 4.31 Å². The van der Waals surface area contributed by atoms with Gasteiger partial charge in [0.15, 0.2) is 5.82 Å². The molecule has 2 aromatic carbocycles. The van der Waals surface area contributed by atoms with Gasteiger partial charge in [0.2, 0.25) is 10.0 Å². The first-order valence-electron chi connectivity index (χ1n) is 9.76. The number of anilines is 1. The van der Waals surface area contributed by atoms with E-state index in [1.165, 1.54) is 15.9 Å². The molecular weight excluding hydrogens is 420 g/mol. The Balaban J connectivity index is 1.45. The Hall–Kier alpha value is -2.48. The third-order valence-corrected chi connectivity index (χ3v) is 7.43. The SMILES string of the molecule is Cc1ccc(-c2ccc(N3CCN(S(=O)(=O)c4cccc(Cl)c4)CC3)nn2)c(C)c1. The zero-order valence-corrected chi connectivity index (χ0v) is 18.5. The Morgan fingerprint density at radius 2 is 1.67 bits per heavy atom. The van der Waals surface area contributed by atoms with Crippen molar-refractivity contribution in [3.05, 3.63) is 70.7 Å². The number of piperazine rings is 1. The second-order valence-corrected chi connectivity index (χ2v) is 9.82. The summed E-state index contributed by atoms with van der Waals surface area (Å²) in [5.74, 6) is 0.753. The van der Waals surface area contributed by atoms with E-state index in [2.05, 4.69) is 47.1 Å². The van der Waals surface area contributed by atoms with E-state index in [-0.39, 0.29) is 4.90 Å². The van der Waals surface area contributed by atoms with Gasteiger partial charge in [-0.15, -0.1) is 10.2 Å². The van der Waals surface area contributed by atoms with Gasteiger partial charge in [0.05, 0.1) is 10.6 Å². The van der Waals surface area contributed by atoms with E-state index in [0.29, 0.717) is 31.2 Å². The van der Waals surface area contributed by atoms with Gasteiger partial charge in [0.25, 0.3) is 0 Å². The number of rotatable bonds is 4. The molecule has 30 heavy (non-hydrogen) atoms. The monoisotopic (exact) mass is 442 g/mol. The average Bonchev–Trinajstić information content (AvgIpc) is 2.74. The van der Waals surface area contributed by atoms with Gasteiger partial charge in [0, 0.05) is 36.8 Å². The lowest BCUT2D eigenvalue weighted by molar-refractivity contribution is 0.383. The van der Waals surface area contributed by atoms with Crippen molar-refractivity contribution in [2.75, 3.05) is 31.1 Å². The lowest BCUT2D eigenvalue weighted by atomic mass is 10.0. The number of hydrogen-bond donors (Lipinski definition) is 0. The molecule has 1 aromatic heterocycles. The van der Waals surface area contributed by atoms with Crippen molar-refractivity contribution in [1.82, 2.24) is 14.5 Å². The van der Waals surface area contributed by atoms with Gasteiger partial charge in [-0.1, -0.05) is 41.4 Å². The molecule has 0 saturated carbocycles. The van der Waals surface area contributed by atoms with E-state index in [0.717, 1.165) is 22.6 Å². The molecule has 6 nitrogen and oxygen atoms in total. The van der Waals surface area contributed by atoms with Gasteiger partial charge in [-0.05, 0) is 49.7 Å². The molecule has 0 N–H and O–H groups in total. The number of halogens is 1. The summed E-state index contributed by atoms with van der Waals surface area (Å²) in [7, 11) is -3.56. The predicted octanol–water partition coefficient (Wildman–Crippen LogP) is 3.92. The zero-order chi connectivity index (χ0) is 21.3. The van der Waals surface area contributed by atoms with Crippen LogP contribution >= 0.6 is 11.6 Å². The fourth-order valence-electron chi connectivity index (χ4n) is 3.67. The zero-order valence-electron chi connectivity index (χ0n) is 16.9. The fourth-order valence-corrected chi connectivity index (χ4v) is 5.40. The Bertz CT molecular complexity index is 1160. The molecule has 0 aliphatic carbocycles. The van der Waals surface area contributed by atoms with Crippen LogP contribution in [0.5, 0.6) is 0 Å². The molecule has 0 amide bonds. The molecule has 0 radical (unpaired) electrons. The smallest absolute Gasteiger partial charge is 0.243 e. The van der Waals surface area contributed by atoms with Crippen LogP contribution in [0.15, 0.2) is 59.5 Å². The number of nitrogens with zero attached hydrogens (tertiary/aromatic N) is 4. The normalized spacial score (nSPS) is 15.4. The van der Waals surface area contributed by atoms with Gasteiger partial charge < -0.3 is 4.90 Å². The van der Waals surface area contributed by atoms with Crippen LogP contribution in [0.2, 0.25) is 5.02 Å². The molecule has 4 rings (SSSR count). The highest BCUT2D eigenvalue weighted by Crippen LogP contribution is 2.25. The third-order valence-electron chi connectivity index (χ3n) is 5.30. The Labute approximate surface area is 182 Å². The van der Waals surface area contributed by atoms with E-state index in [9.17, 15) is 8.42 Å². The quantitative estimate of drug-likeness (QED) is 0.612. The molecule has 0 atom stereocenters. The summed E-state index contributed by atoms with van der Waals surface area (Å²) in [6.45, 7) is 6.01. The summed E-state index contributed by atoms with van der Waals surface area (Å²) in [6, 6.07) is 16.6. The highest BCUT2D eigenvalue weighted by atomic mass is 35.5. The van der Waals surface area contributed by atoms with Crippen LogP contribution in [-0.4, -0.2) is 49.1 Å². The summed E-state index contributed by atoms with van der Waals surface area (Å²) in [6.07, 6.45) is 0. The minimum atomic E-state index is -3.56. The summed E-state index contributed by atoms with van der Waals surface area (Å²) in [5.41, 5.74) is 4.28. The first-order chi connectivity index (χ1) is 14.3. The van der Waals surface area contributed by atoms with Crippen molar-refractivity contribution >= 4 is 27.4 Å². The van der Waals surface area contributed by atoms with Crippen LogP contribution in [0.1, 0.15) is 11.1 Å². The van der Waals surface area contributed by atoms with Gasteiger partial charge in [0.1, 0.15) is 0 Å². The number of aromatic nitrogens is 2. The van der Waals surface area contributed by atoms with Crippen molar-refractivity contribution in [3.63, 3.8) is 0 Å². The first kappa shape index (κ1) is 20.8. The number of hydrogen-bond acceptors (Lipinski definition) is 5. The molecule has 1 aliphatic rings. The van der Waals surface area contributed by atoms with Crippen LogP contribution in [0.25, 0.3) is 11.3 Å². The van der Waals surface area contributed by atoms with Crippen molar-refractivity contribution in [1.29, 1.82) is 0 Å². The van der Waals surface area contributed by atoms with Crippen LogP contribution in [0.3, 0.4) is 0 Å². The minimum absolute atomic E-state index is 0.223. The van der Waals surface area contributed by atoms with E-state index in [1.54, 1.807) is 18.2 Å². The summed E-state index contributed by atoms with van der Waals surface area (Å²) >= 11 is 5.96. The van der Waals surface area contributed by atoms with Crippen LogP contribution in [0.4, 0.5) is 5.82 Å². The molecule has 0 spiro atoms. The molecular formula is C22H23ClN4O2S. The van der Waals surface area contributed by atoms with E-state index < -0.39 is 10.0 Å². The highest BCUT2D eigenvalue weighted by molar-refractivity contribution is 7.89. The maximum absolute atomic E-state index is 12.9. The van der Waals surface area contributed by atoms with Gasteiger partial charge in [-0.3, -0.25) is 0 Å². The van der Waals surface area contributed by atoms with Crippen molar-refractivity contribution in [2.24, 2.45) is 0 Å². The highest BCUT2D eigenvalue weighted by Gasteiger charge is 2.29. The number of sulfonamides is 1. The molecule has 3 aromatic rings. The number of benzene rings is 2. The van der Waals surface area contributed by atoms with Crippen LogP contribution < -0.4 is 4.90 Å². The molecule has 1 fully saturated rings. The fraction of sp³-hybridized carbons (Fsp3) is 0.273. The topological polar surface area (TPSA) is 66.4 Å².